The number of hydrogen-bond donors (Lipinski definition) is 2. The van der Waals surface area contributed by atoms with Crippen LogP contribution < -0.4 is 14.8 Å². The van der Waals surface area contributed by atoms with E-state index in [9.17, 15) is 5.11 Å². The molecule has 0 unspecified atom stereocenters. The normalized spacial score (nSPS) is 18.4. The van der Waals surface area contributed by atoms with Crippen molar-refractivity contribution in [2.75, 3.05) is 14.2 Å². The second kappa shape index (κ2) is 9.23. The highest BCUT2D eigenvalue weighted by Crippen LogP contribution is 2.38. The van der Waals surface area contributed by atoms with Crippen LogP contribution in [0, 0.1) is 0 Å². The van der Waals surface area contributed by atoms with Gasteiger partial charge in [-0.2, -0.15) is 0 Å². The van der Waals surface area contributed by atoms with Gasteiger partial charge in [0, 0.05) is 29.3 Å². The van der Waals surface area contributed by atoms with Crippen molar-refractivity contribution in [3.8, 4) is 17.2 Å². The number of benzene rings is 3. The summed E-state index contributed by atoms with van der Waals surface area (Å²) in [4.78, 5) is 5.06. The maximum atomic E-state index is 10.5. The van der Waals surface area contributed by atoms with Crippen LogP contribution in [0.15, 0.2) is 71.7 Å². The first-order valence-electron chi connectivity index (χ1n) is 10.5. The first-order valence-corrected chi connectivity index (χ1v) is 10.5. The van der Waals surface area contributed by atoms with Gasteiger partial charge in [-0.1, -0.05) is 49.4 Å². The first-order chi connectivity index (χ1) is 15.1. The minimum atomic E-state index is -0.343. The lowest BCUT2D eigenvalue weighted by molar-refractivity contribution is 0.374. The second-order valence-corrected chi connectivity index (χ2v) is 7.62. The standard InChI is InChI=1S/C26H28N2O3/c1-4-17-9-11-18(12-10-17)22-16-23(20-7-5-6-8-24(20)29)28-26(27-22)21-15-19(30-2)13-14-25(21)31-3/h5-15,23,26,28-29H,4,16H2,1-3H3/t23-,26-/m0/s1. The molecule has 160 valence electrons. The first kappa shape index (κ1) is 20.9. The van der Waals surface area contributed by atoms with Gasteiger partial charge >= 0.3 is 0 Å². The van der Waals surface area contributed by atoms with Crippen LogP contribution >= 0.6 is 0 Å². The fourth-order valence-corrected chi connectivity index (χ4v) is 4.01. The average Bonchev–Trinajstić information content (AvgIpc) is 2.83. The maximum absolute atomic E-state index is 10.5. The third-order valence-electron chi connectivity index (χ3n) is 5.78. The molecule has 0 aliphatic carbocycles. The highest BCUT2D eigenvalue weighted by atomic mass is 16.5. The molecule has 0 bridgehead atoms. The van der Waals surface area contributed by atoms with E-state index in [1.807, 2.05) is 36.4 Å². The van der Waals surface area contributed by atoms with Crippen LogP contribution in [-0.4, -0.2) is 25.0 Å². The molecule has 2 atom stereocenters. The van der Waals surface area contributed by atoms with Crippen molar-refractivity contribution in [1.82, 2.24) is 5.32 Å². The zero-order valence-electron chi connectivity index (χ0n) is 18.1. The smallest absolute Gasteiger partial charge is 0.130 e. The summed E-state index contributed by atoms with van der Waals surface area (Å²) in [6, 6.07) is 21.6. The van der Waals surface area contributed by atoms with Crippen LogP contribution in [0.4, 0.5) is 0 Å². The fourth-order valence-electron chi connectivity index (χ4n) is 4.01. The molecule has 3 aromatic carbocycles. The monoisotopic (exact) mass is 416 g/mol. The zero-order chi connectivity index (χ0) is 21.8. The van der Waals surface area contributed by atoms with Crippen molar-refractivity contribution in [2.45, 2.75) is 32.0 Å². The van der Waals surface area contributed by atoms with E-state index in [1.165, 1.54) is 5.56 Å². The number of aromatic hydroxyl groups is 1. The molecule has 0 amide bonds. The predicted molar refractivity (Wildman–Crippen MR) is 123 cm³/mol. The Hall–Kier alpha value is -3.31. The summed E-state index contributed by atoms with van der Waals surface area (Å²) in [5.74, 6) is 1.76. The summed E-state index contributed by atoms with van der Waals surface area (Å²) in [5.41, 5.74) is 5.12. The largest absolute Gasteiger partial charge is 0.508 e. The number of aliphatic imine (C=N–C) groups is 1. The molecule has 2 N–H and O–H groups in total. The third kappa shape index (κ3) is 4.42. The Balaban J connectivity index is 1.79. The van der Waals surface area contributed by atoms with Crippen molar-refractivity contribution in [3.63, 3.8) is 0 Å². The molecule has 0 radical (unpaired) electrons. The van der Waals surface area contributed by atoms with Crippen LogP contribution in [0.25, 0.3) is 0 Å². The van der Waals surface area contributed by atoms with Crippen molar-refractivity contribution in [2.24, 2.45) is 4.99 Å². The third-order valence-corrected chi connectivity index (χ3v) is 5.78. The summed E-state index contributed by atoms with van der Waals surface area (Å²) in [7, 11) is 3.30. The van der Waals surface area contributed by atoms with Gasteiger partial charge in [-0.25, -0.2) is 0 Å². The van der Waals surface area contributed by atoms with Gasteiger partial charge in [0.2, 0.25) is 0 Å². The number of nitrogens with zero attached hydrogens (tertiary/aromatic N) is 1. The Morgan fingerprint density at radius 1 is 0.968 bits per heavy atom. The van der Waals surface area contributed by atoms with Crippen LogP contribution in [0.1, 0.15) is 47.8 Å². The Morgan fingerprint density at radius 2 is 1.74 bits per heavy atom. The molecule has 1 heterocycles. The SMILES string of the molecule is CCc1ccc(C2=N[C@H](c3cc(OC)ccc3OC)N[C@H](c3ccccc3O)C2)cc1. The van der Waals surface area contributed by atoms with Crippen molar-refractivity contribution in [1.29, 1.82) is 0 Å². The molecule has 0 saturated carbocycles. The number of rotatable bonds is 6. The number of nitrogens with one attached hydrogen (secondary N) is 1. The van der Waals surface area contributed by atoms with E-state index >= 15 is 0 Å². The molecule has 1 aliphatic rings. The number of aryl methyl sites for hydroxylation is 1. The van der Waals surface area contributed by atoms with Crippen molar-refractivity contribution in [3.05, 3.63) is 89.0 Å². The number of phenolic OH excluding ortho intramolecular Hbond substituents is 1. The molecule has 5 heteroatoms. The van der Waals surface area contributed by atoms with E-state index < -0.39 is 0 Å². The maximum Gasteiger partial charge on any atom is 0.130 e. The summed E-state index contributed by atoms with van der Waals surface area (Å²) < 4.78 is 11.1. The summed E-state index contributed by atoms with van der Waals surface area (Å²) in [6.45, 7) is 2.15. The van der Waals surface area contributed by atoms with Crippen LogP contribution in [0.3, 0.4) is 0 Å². The Bertz CT molecular complexity index is 1080. The zero-order valence-corrected chi connectivity index (χ0v) is 18.1. The number of phenols is 1. The molecule has 31 heavy (non-hydrogen) atoms. The summed E-state index contributed by atoms with van der Waals surface area (Å²) in [5, 5.41) is 14.1. The molecular weight excluding hydrogens is 388 g/mol. The quantitative estimate of drug-likeness (QED) is 0.580. The highest BCUT2D eigenvalue weighted by molar-refractivity contribution is 6.01. The van der Waals surface area contributed by atoms with Crippen molar-refractivity contribution < 1.29 is 14.6 Å². The van der Waals surface area contributed by atoms with Crippen LogP contribution in [0.2, 0.25) is 0 Å². The van der Waals surface area contributed by atoms with E-state index in [1.54, 1.807) is 20.3 Å². The molecule has 5 nitrogen and oxygen atoms in total. The van der Waals surface area contributed by atoms with E-state index in [2.05, 4.69) is 36.5 Å². The Labute approximate surface area is 183 Å². The van der Waals surface area contributed by atoms with Gasteiger partial charge in [-0.3, -0.25) is 10.3 Å². The number of ether oxygens (including phenoxy) is 2. The van der Waals surface area contributed by atoms with E-state index in [0.717, 1.165) is 40.3 Å². The molecule has 3 aromatic rings. The summed E-state index contributed by atoms with van der Waals surface area (Å²) in [6.07, 6.45) is 1.33. The topological polar surface area (TPSA) is 63.1 Å². The number of methoxy groups -OCH3 is 2. The molecule has 4 rings (SSSR count). The van der Waals surface area contributed by atoms with Crippen LogP contribution in [0.5, 0.6) is 17.2 Å². The van der Waals surface area contributed by atoms with Gasteiger partial charge < -0.3 is 14.6 Å². The molecule has 0 saturated heterocycles. The lowest BCUT2D eigenvalue weighted by Gasteiger charge is -2.31. The van der Waals surface area contributed by atoms with E-state index in [-0.39, 0.29) is 18.0 Å². The summed E-state index contributed by atoms with van der Waals surface area (Å²) >= 11 is 0. The van der Waals surface area contributed by atoms with Gasteiger partial charge in [0.15, 0.2) is 0 Å². The Kier molecular flexibility index (Phi) is 6.23. The second-order valence-electron chi connectivity index (χ2n) is 7.62. The van der Waals surface area contributed by atoms with Gasteiger partial charge in [0.1, 0.15) is 23.4 Å². The minimum absolute atomic E-state index is 0.0968. The fraction of sp³-hybridized carbons (Fsp3) is 0.269. The van der Waals surface area contributed by atoms with Gasteiger partial charge in [-0.15, -0.1) is 0 Å². The number of hydrogen-bond acceptors (Lipinski definition) is 5. The van der Waals surface area contributed by atoms with Gasteiger partial charge in [0.25, 0.3) is 0 Å². The molecular formula is C26H28N2O3. The minimum Gasteiger partial charge on any atom is -0.508 e. The predicted octanol–water partition coefficient (Wildman–Crippen LogP) is 5.19. The lowest BCUT2D eigenvalue weighted by Crippen LogP contribution is -2.33. The molecule has 1 aliphatic heterocycles. The molecule has 0 fully saturated rings. The highest BCUT2D eigenvalue weighted by Gasteiger charge is 2.29. The Morgan fingerprint density at radius 3 is 2.42 bits per heavy atom. The average molecular weight is 417 g/mol. The lowest BCUT2D eigenvalue weighted by atomic mass is 9.93. The van der Waals surface area contributed by atoms with E-state index in [4.69, 9.17) is 14.5 Å². The molecule has 0 spiro atoms. The van der Waals surface area contributed by atoms with Crippen LogP contribution in [-0.2, 0) is 6.42 Å². The van der Waals surface area contributed by atoms with Gasteiger partial charge in [-0.05, 0) is 41.8 Å². The molecule has 0 aromatic heterocycles. The van der Waals surface area contributed by atoms with Crippen molar-refractivity contribution >= 4 is 5.71 Å². The van der Waals surface area contributed by atoms with E-state index in [0.29, 0.717) is 6.42 Å². The number of para-hydroxylation sites is 1. The van der Waals surface area contributed by atoms with Gasteiger partial charge in [0.05, 0.1) is 14.2 Å².